The van der Waals surface area contributed by atoms with E-state index in [0.29, 0.717) is 17.4 Å². The number of aromatic nitrogens is 2. The fourth-order valence-electron chi connectivity index (χ4n) is 2.50. The summed E-state index contributed by atoms with van der Waals surface area (Å²) >= 11 is 0. The third-order valence-corrected chi connectivity index (χ3v) is 3.66. The molecule has 1 aromatic rings. The first kappa shape index (κ1) is 12.7. The van der Waals surface area contributed by atoms with E-state index < -0.39 is 0 Å². The van der Waals surface area contributed by atoms with Crippen molar-refractivity contribution in [3.05, 3.63) is 28.5 Å². The number of hydrogen-bond donors (Lipinski definition) is 3. The first-order chi connectivity index (χ1) is 8.63. The SMILES string of the molecule is C=C(Nc1c(C=N)[nH]c(=O)n1C)C1CCCCC1. The predicted octanol–water partition coefficient (Wildman–Crippen LogP) is 2.22. The summed E-state index contributed by atoms with van der Waals surface area (Å²) < 4.78 is 1.48. The zero-order valence-electron chi connectivity index (χ0n) is 10.8. The van der Waals surface area contributed by atoms with Gasteiger partial charge in [0, 0.05) is 19.0 Å². The number of hydrogen-bond acceptors (Lipinski definition) is 3. The van der Waals surface area contributed by atoms with Crippen LogP contribution in [-0.2, 0) is 7.05 Å². The average molecular weight is 248 g/mol. The normalized spacial score (nSPS) is 16.5. The third-order valence-electron chi connectivity index (χ3n) is 3.66. The molecule has 98 valence electrons. The van der Waals surface area contributed by atoms with Crippen LogP contribution in [0.25, 0.3) is 0 Å². The minimum absolute atomic E-state index is 0.215. The van der Waals surface area contributed by atoms with Crippen LogP contribution in [0.4, 0.5) is 5.82 Å². The number of nitrogens with zero attached hydrogens (tertiary/aromatic N) is 1. The maximum Gasteiger partial charge on any atom is 0.327 e. The van der Waals surface area contributed by atoms with E-state index in [9.17, 15) is 4.79 Å². The maximum atomic E-state index is 11.5. The van der Waals surface area contributed by atoms with E-state index in [1.807, 2.05) is 0 Å². The van der Waals surface area contributed by atoms with Gasteiger partial charge in [-0.1, -0.05) is 25.8 Å². The molecule has 0 amide bonds. The molecule has 3 N–H and O–H groups in total. The van der Waals surface area contributed by atoms with Crippen LogP contribution in [0.2, 0.25) is 0 Å². The van der Waals surface area contributed by atoms with Crippen molar-refractivity contribution in [2.24, 2.45) is 13.0 Å². The van der Waals surface area contributed by atoms with Crippen molar-refractivity contribution in [2.75, 3.05) is 5.32 Å². The standard InChI is InChI=1S/C13H20N4O/c1-9(10-6-4-3-5-7-10)15-12-11(8-14)16-13(18)17(12)2/h8,10,14-15H,1,3-7H2,2H3,(H,16,18). The van der Waals surface area contributed by atoms with Crippen molar-refractivity contribution in [1.82, 2.24) is 9.55 Å². The Hall–Kier alpha value is -1.78. The first-order valence-corrected chi connectivity index (χ1v) is 6.38. The van der Waals surface area contributed by atoms with E-state index >= 15 is 0 Å². The summed E-state index contributed by atoms with van der Waals surface area (Å²) in [5, 5.41) is 10.5. The smallest absolute Gasteiger partial charge is 0.327 e. The van der Waals surface area contributed by atoms with Gasteiger partial charge in [-0.2, -0.15) is 0 Å². The van der Waals surface area contributed by atoms with Crippen LogP contribution in [-0.4, -0.2) is 15.8 Å². The minimum Gasteiger partial charge on any atom is -0.344 e. The fraction of sp³-hybridized carbons (Fsp3) is 0.538. The van der Waals surface area contributed by atoms with E-state index in [-0.39, 0.29) is 5.69 Å². The highest BCUT2D eigenvalue weighted by molar-refractivity contribution is 5.82. The largest absolute Gasteiger partial charge is 0.344 e. The summed E-state index contributed by atoms with van der Waals surface area (Å²) in [5.41, 5.74) is 1.24. The van der Waals surface area contributed by atoms with Gasteiger partial charge in [-0.05, 0) is 18.8 Å². The highest BCUT2D eigenvalue weighted by atomic mass is 16.1. The molecule has 18 heavy (non-hydrogen) atoms. The quantitative estimate of drug-likeness (QED) is 0.715. The number of nitrogens with one attached hydrogen (secondary N) is 3. The van der Waals surface area contributed by atoms with E-state index in [1.54, 1.807) is 7.05 Å². The second-order valence-corrected chi connectivity index (χ2v) is 4.88. The second-order valence-electron chi connectivity index (χ2n) is 4.88. The van der Waals surface area contributed by atoms with E-state index in [0.717, 1.165) is 24.8 Å². The summed E-state index contributed by atoms with van der Waals surface area (Å²) in [5.74, 6) is 1.10. The molecule has 1 heterocycles. The molecule has 0 bridgehead atoms. The number of aromatic amines is 1. The minimum atomic E-state index is -0.215. The fourth-order valence-corrected chi connectivity index (χ4v) is 2.50. The van der Waals surface area contributed by atoms with Crippen molar-refractivity contribution in [1.29, 1.82) is 5.41 Å². The van der Waals surface area contributed by atoms with Gasteiger partial charge in [0.15, 0.2) is 0 Å². The molecule has 0 atom stereocenters. The molecule has 1 aliphatic rings. The maximum absolute atomic E-state index is 11.5. The van der Waals surface area contributed by atoms with Crippen LogP contribution in [0.5, 0.6) is 0 Å². The molecular formula is C13H20N4O. The molecule has 0 aliphatic heterocycles. The monoisotopic (exact) mass is 248 g/mol. The summed E-state index contributed by atoms with van der Waals surface area (Å²) in [4.78, 5) is 14.1. The second kappa shape index (κ2) is 5.25. The molecule has 1 fully saturated rings. The summed E-state index contributed by atoms with van der Waals surface area (Å²) in [6.45, 7) is 4.08. The van der Waals surface area contributed by atoms with Gasteiger partial charge in [0.1, 0.15) is 11.5 Å². The number of imidazole rings is 1. The Morgan fingerprint density at radius 3 is 2.78 bits per heavy atom. The molecule has 0 saturated heterocycles. The zero-order valence-corrected chi connectivity index (χ0v) is 10.8. The van der Waals surface area contributed by atoms with Gasteiger partial charge in [-0.25, -0.2) is 4.79 Å². The number of H-pyrrole nitrogens is 1. The molecule has 1 aromatic heterocycles. The van der Waals surface area contributed by atoms with Crippen LogP contribution in [0.3, 0.4) is 0 Å². The lowest BCUT2D eigenvalue weighted by atomic mass is 9.87. The molecule has 5 nitrogen and oxygen atoms in total. The van der Waals surface area contributed by atoms with Crippen molar-refractivity contribution in [2.45, 2.75) is 32.1 Å². The van der Waals surface area contributed by atoms with Gasteiger partial charge in [-0.15, -0.1) is 0 Å². The molecule has 0 radical (unpaired) electrons. The van der Waals surface area contributed by atoms with Gasteiger partial charge < -0.3 is 15.7 Å². The molecule has 1 aliphatic carbocycles. The first-order valence-electron chi connectivity index (χ1n) is 6.38. The Morgan fingerprint density at radius 1 is 1.50 bits per heavy atom. The average Bonchev–Trinajstić information content (AvgIpc) is 2.67. The van der Waals surface area contributed by atoms with Crippen LogP contribution < -0.4 is 11.0 Å². The Kier molecular flexibility index (Phi) is 3.69. The Labute approximate surface area is 106 Å². The molecule has 0 spiro atoms. The molecule has 0 aromatic carbocycles. The molecule has 5 heteroatoms. The number of rotatable bonds is 4. The van der Waals surface area contributed by atoms with Crippen LogP contribution in [0.15, 0.2) is 17.1 Å². The third kappa shape index (κ3) is 2.39. The topological polar surface area (TPSA) is 73.7 Å². The van der Waals surface area contributed by atoms with Gasteiger partial charge in [0.2, 0.25) is 0 Å². The predicted molar refractivity (Wildman–Crippen MR) is 73.3 cm³/mol. The Bertz CT molecular complexity index is 506. The van der Waals surface area contributed by atoms with Crippen molar-refractivity contribution >= 4 is 12.0 Å². The lowest BCUT2D eigenvalue weighted by Crippen LogP contribution is -2.18. The van der Waals surface area contributed by atoms with Gasteiger partial charge in [-0.3, -0.25) is 4.57 Å². The zero-order chi connectivity index (χ0) is 13.1. The van der Waals surface area contributed by atoms with Crippen LogP contribution >= 0.6 is 0 Å². The Morgan fingerprint density at radius 2 is 2.17 bits per heavy atom. The molecule has 2 rings (SSSR count). The van der Waals surface area contributed by atoms with Gasteiger partial charge in [0.05, 0.1) is 0 Å². The molecule has 0 unspecified atom stereocenters. The molecular weight excluding hydrogens is 228 g/mol. The Balaban J connectivity index is 2.15. The number of anilines is 1. The highest BCUT2D eigenvalue weighted by Gasteiger charge is 2.18. The van der Waals surface area contributed by atoms with Crippen molar-refractivity contribution in [3.8, 4) is 0 Å². The summed E-state index contributed by atoms with van der Waals surface area (Å²) in [6.07, 6.45) is 7.26. The lowest BCUT2D eigenvalue weighted by Gasteiger charge is -2.24. The van der Waals surface area contributed by atoms with Gasteiger partial charge in [0.25, 0.3) is 0 Å². The van der Waals surface area contributed by atoms with E-state index in [2.05, 4.69) is 16.9 Å². The van der Waals surface area contributed by atoms with Crippen LogP contribution in [0, 0.1) is 11.3 Å². The van der Waals surface area contributed by atoms with Crippen molar-refractivity contribution in [3.63, 3.8) is 0 Å². The lowest BCUT2D eigenvalue weighted by molar-refractivity contribution is 0.405. The number of allylic oxidation sites excluding steroid dienone is 1. The van der Waals surface area contributed by atoms with Crippen molar-refractivity contribution < 1.29 is 0 Å². The van der Waals surface area contributed by atoms with Gasteiger partial charge >= 0.3 is 5.69 Å². The highest BCUT2D eigenvalue weighted by Crippen LogP contribution is 2.29. The van der Waals surface area contributed by atoms with E-state index in [1.165, 1.54) is 23.8 Å². The van der Waals surface area contributed by atoms with E-state index in [4.69, 9.17) is 5.41 Å². The summed E-state index contributed by atoms with van der Waals surface area (Å²) in [7, 11) is 1.68. The van der Waals surface area contributed by atoms with Crippen LogP contribution in [0.1, 0.15) is 37.8 Å². The summed E-state index contributed by atoms with van der Waals surface area (Å²) in [6, 6.07) is 0. The molecule has 1 saturated carbocycles.